The Kier molecular flexibility index (Phi) is 4.82. The molecule has 1 saturated heterocycles. The van der Waals surface area contributed by atoms with Crippen LogP contribution in [0, 0.1) is 5.92 Å². The van der Waals surface area contributed by atoms with Crippen molar-refractivity contribution in [1.82, 2.24) is 5.32 Å². The van der Waals surface area contributed by atoms with Gasteiger partial charge >= 0.3 is 0 Å². The minimum atomic E-state index is 0.0532. The Hall–Kier alpha value is -1.07. The molecule has 4 nitrogen and oxygen atoms in total. The fourth-order valence-electron chi connectivity index (χ4n) is 2.49. The first-order chi connectivity index (χ1) is 9.15. The van der Waals surface area contributed by atoms with E-state index in [1.54, 1.807) is 7.05 Å². The standard InChI is InChI=1S/C14H19BrN2O2/c1-16-14(19)11-4-6-17(7-5-11)13-3-2-10(9-18)8-12(13)15/h2-3,8,11,18H,4-7,9H2,1H3,(H,16,19). The summed E-state index contributed by atoms with van der Waals surface area (Å²) in [6.07, 6.45) is 1.77. The molecule has 0 saturated carbocycles. The third-order valence-corrected chi connectivity index (χ3v) is 4.28. The third-order valence-electron chi connectivity index (χ3n) is 3.65. The normalized spacial score (nSPS) is 16.5. The molecule has 0 unspecified atom stereocenters. The van der Waals surface area contributed by atoms with Crippen molar-refractivity contribution >= 4 is 27.5 Å². The predicted octanol–water partition coefficient (Wildman–Crippen LogP) is 1.90. The summed E-state index contributed by atoms with van der Waals surface area (Å²) >= 11 is 3.55. The Balaban J connectivity index is 2.03. The van der Waals surface area contributed by atoms with Crippen molar-refractivity contribution in [2.75, 3.05) is 25.0 Å². The van der Waals surface area contributed by atoms with E-state index in [1.807, 2.05) is 18.2 Å². The number of aliphatic hydroxyl groups is 1. The molecule has 0 radical (unpaired) electrons. The molecule has 1 aliphatic rings. The first kappa shape index (κ1) is 14.3. The lowest BCUT2D eigenvalue weighted by Gasteiger charge is -2.33. The van der Waals surface area contributed by atoms with Crippen LogP contribution in [-0.2, 0) is 11.4 Å². The molecule has 104 valence electrons. The molecule has 1 aliphatic heterocycles. The van der Waals surface area contributed by atoms with Gasteiger partial charge in [-0.05, 0) is 46.5 Å². The summed E-state index contributed by atoms with van der Waals surface area (Å²) in [4.78, 5) is 13.9. The molecule has 1 aromatic carbocycles. The number of benzene rings is 1. The van der Waals surface area contributed by atoms with E-state index in [9.17, 15) is 4.79 Å². The second kappa shape index (κ2) is 6.39. The Labute approximate surface area is 121 Å². The van der Waals surface area contributed by atoms with Gasteiger partial charge in [0.15, 0.2) is 0 Å². The molecular formula is C14H19BrN2O2. The van der Waals surface area contributed by atoms with E-state index < -0.39 is 0 Å². The Morgan fingerprint density at radius 3 is 2.68 bits per heavy atom. The lowest BCUT2D eigenvalue weighted by atomic mass is 9.95. The molecule has 19 heavy (non-hydrogen) atoms. The number of nitrogens with zero attached hydrogens (tertiary/aromatic N) is 1. The molecule has 1 amide bonds. The molecule has 1 heterocycles. The van der Waals surface area contributed by atoms with Crippen molar-refractivity contribution in [2.24, 2.45) is 5.92 Å². The van der Waals surface area contributed by atoms with Gasteiger partial charge in [-0.3, -0.25) is 4.79 Å². The summed E-state index contributed by atoms with van der Waals surface area (Å²) in [5.74, 6) is 0.283. The van der Waals surface area contributed by atoms with Gasteiger partial charge < -0.3 is 15.3 Å². The minimum absolute atomic E-state index is 0.0532. The number of anilines is 1. The van der Waals surface area contributed by atoms with Crippen molar-refractivity contribution in [3.63, 3.8) is 0 Å². The van der Waals surface area contributed by atoms with E-state index in [0.29, 0.717) is 0 Å². The fourth-order valence-corrected chi connectivity index (χ4v) is 3.17. The van der Waals surface area contributed by atoms with E-state index in [-0.39, 0.29) is 18.4 Å². The molecule has 0 aliphatic carbocycles. The van der Waals surface area contributed by atoms with Gasteiger partial charge in [0.05, 0.1) is 12.3 Å². The number of rotatable bonds is 3. The monoisotopic (exact) mass is 326 g/mol. The van der Waals surface area contributed by atoms with Crippen LogP contribution in [0.25, 0.3) is 0 Å². The number of hydrogen-bond acceptors (Lipinski definition) is 3. The first-order valence-corrected chi connectivity index (χ1v) is 7.31. The molecule has 0 atom stereocenters. The maximum atomic E-state index is 11.6. The van der Waals surface area contributed by atoms with Crippen LogP contribution < -0.4 is 10.2 Å². The zero-order valence-electron chi connectivity index (χ0n) is 11.0. The van der Waals surface area contributed by atoms with Crippen molar-refractivity contribution in [1.29, 1.82) is 0 Å². The van der Waals surface area contributed by atoms with Crippen molar-refractivity contribution in [2.45, 2.75) is 19.4 Å². The van der Waals surface area contributed by atoms with Crippen molar-refractivity contribution < 1.29 is 9.90 Å². The average Bonchev–Trinajstić information content (AvgIpc) is 2.46. The predicted molar refractivity (Wildman–Crippen MR) is 79.1 cm³/mol. The highest BCUT2D eigenvalue weighted by atomic mass is 79.9. The molecule has 0 spiro atoms. The van der Waals surface area contributed by atoms with Gasteiger partial charge in [-0.2, -0.15) is 0 Å². The van der Waals surface area contributed by atoms with Gasteiger partial charge in [0.25, 0.3) is 0 Å². The molecule has 1 aromatic rings. The zero-order valence-corrected chi connectivity index (χ0v) is 12.6. The van der Waals surface area contributed by atoms with E-state index in [2.05, 4.69) is 26.1 Å². The van der Waals surface area contributed by atoms with E-state index in [0.717, 1.165) is 41.7 Å². The summed E-state index contributed by atoms with van der Waals surface area (Å²) in [6, 6.07) is 5.90. The summed E-state index contributed by atoms with van der Waals surface area (Å²) in [7, 11) is 1.69. The van der Waals surface area contributed by atoms with E-state index in [4.69, 9.17) is 5.11 Å². The second-order valence-electron chi connectivity index (χ2n) is 4.82. The van der Waals surface area contributed by atoms with Crippen LogP contribution in [-0.4, -0.2) is 31.2 Å². The van der Waals surface area contributed by atoms with Crippen LogP contribution in [0.1, 0.15) is 18.4 Å². The first-order valence-electron chi connectivity index (χ1n) is 6.51. The van der Waals surface area contributed by atoms with Gasteiger partial charge in [-0.1, -0.05) is 6.07 Å². The number of piperidine rings is 1. The topological polar surface area (TPSA) is 52.6 Å². The smallest absolute Gasteiger partial charge is 0.222 e. The molecule has 0 bridgehead atoms. The second-order valence-corrected chi connectivity index (χ2v) is 5.67. The van der Waals surface area contributed by atoms with Crippen LogP contribution >= 0.6 is 15.9 Å². The maximum absolute atomic E-state index is 11.6. The Morgan fingerprint density at radius 1 is 1.47 bits per heavy atom. The van der Waals surface area contributed by atoms with Crippen molar-refractivity contribution in [3.8, 4) is 0 Å². The number of hydrogen-bond donors (Lipinski definition) is 2. The van der Waals surface area contributed by atoms with Gasteiger partial charge in [0.1, 0.15) is 0 Å². The van der Waals surface area contributed by atoms with Crippen LogP contribution in [0.4, 0.5) is 5.69 Å². The SMILES string of the molecule is CNC(=O)C1CCN(c2ccc(CO)cc2Br)CC1. The van der Waals surface area contributed by atoms with Crippen LogP contribution in [0.2, 0.25) is 0 Å². The summed E-state index contributed by atoms with van der Waals surface area (Å²) in [5.41, 5.74) is 2.03. The number of halogens is 1. The zero-order chi connectivity index (χ0) is 13.8. The lowest BCUT2D eigenvalue weighted by Crippen LogP contribution is -2.39. The van der Waals surface area contributed by atoms with Crippen LogP contribution in [0.15, 0.2) is 22.7 Å². The average molecular weight is 327 g/mol. The Morgan fingerprint density at radius 2 is 2.16 bits per heavy atom. The quantitative estimate of drug-likeness (QED) is 0.892. The molecule has 2 rings (SSSR count). The molecular weight excluding hydrogens is 308 g/mol. The number of carbonyl (C=O) groups is 1. The van der Waals surface area contributed by atoms with E-state index in [1.165, 1.54) is 0 Å². The number of amides is 1. The number of aliphatic hydroxyl groups excluding tert-OH is 1. The highest BCUT2D eigenvalue weighted by Crippen LogP contribution is 2.30. The highest BCUT2D eigenvalue weighted by Gasteiger charge is 2.25. The van der Waals surface area contributed by atoms with Gasteiger partial charge in [-0.15, -0.1) is 0 Å². The van der Waals surface area contributed by atoms with Crippen LogP contribution in [0.5, 0.6) is 0 Å². The third kappa shape index (κ3) is 3.28. The van der Waals surface area contributed by atoms with Crippen molar-refractivity contribution in [3.05, 3.63) is 28.2 Å². The molecule has 1 fully saturated rings. The summed E-state index contributed by atoms with van der Waals surface area (Å²) < 4.78 is 0.998. The highest BCUT2D eigenvalue weighted by molar-refractivity contribution is 9.10. The summed E-state index contributed by atoms with van der Waals surface area (Å²) in [5, 5.41) is 11.8. The number of nitrogens with one attached hydrogen (secondary N) is 1. The maximum Gasteiger partial charge on any atom is 0.222 e. The number of carbonyl (C=O) groups excluding carboxylic acids is 1. The lowest BCUT2D eigenvalue weighted by molar-refractivity contribution is -0.125. The molecule has 0 aromatic heterocycles. The largest absolute Gasteiger partial charge is 0.392 e. The molecule has 5 heteroatoms. The fraction of sp³-hybridized carbons (Fsp3) is 0.500. The van der Waals surface area contributed by atoms with Gasteiger partial charge in [-0.25, -0.2) is 0 Å². The van der Waals surface area contributed by atoms with E-state index >= 15 is 0 Å². The van der Waals surface area contributed by atoms with Gasteiger partial charge in [0.2, 0.25) is 5.91 Å². The van der Waals surface area contributed by atoms with Gasteiger partial charge in [0, 0.05) is 30.5 Å². The minimum Gasteiger partial charge on any atom is -0.392 e. The Bertz CT molecular complexity index is 457. The van der Waals surface area contributed by atoms with Crippen LogP contribution in [0.3, 0.4) is 0 Å². The molecule has 2 N–H and O–H groups in total. The summed E-state index contributed by atoms with van der Waals surface area (Å²) in [6.45, 7) is 1.82.